The van der Waals surface area contributed by atoms with Crippen LogP contribution in [-0.4, -0.2) is 42.8 Å². The van der Waals surface area contributed by atoms with Crippen LogP contribution in [0, 0.1) is 0 Å². The number of para-hydroxylation sites is 1. The highest BCUT2D eigenvalue weighted by Crippen LogP contribution is 2.20. The fourth-order valence-electron chi connectivity index (χ4n) is 2.84. The number of anilines is 1. The zero-order valence-electron chi connectivity index (χ0n) is 17.0. The standard InChI is InChI=1S/C22H26N4O3/c1-16(26(2)18-7-5-4-6-8-18)15-23-20(27)13-14-21-24-22(25-29-21)17-9-11-19(28-3)12-10-17/h4-12,16H,13-15H2,1-3H3,(H,23,27). The summed E-state index contributed by atoms with van der Waals surface area (Å²) < 4.78 is 10.4. The lowest BCUT2D eigenvalue weighted by Gasteiger charge is -2.27. The number of nitrogens with one attached hydrogen (secondary N) is 1. The minimum absolute atomic E-state index is 0.0393. The first-order chi connectivity index (χ1) is 14.1. The van der Waals surface area contributed by atoms with Crippen molar-refractivity contribution < 1.29 is 14.1 Å². The first-order valence-corrected chi connectivity index (χ1v) is 9.58. The first-order valence-electron chi connectivity index (χ1n) is 9.58. The summed E-state index contributed by atoms with van der Waals surface area (Å²) in [4.78, 5) is 18.7. The van der Waals surface area contributed by atoms with Gasteiger partial charge >= 0.3 is 0 Å². The summed E-state index contributed by atoms with van der Waals surface area (Å²) in [6.45, 7) is 2.64. The molecule has 1 N–H and O–H groups in total. The Labute approximate surface area is 170 Å². The van der Waals surface area contributed by atoms with Crippen molar-refractivity contribution in [2.45, 2.75) is 25.8 Å². The quantitative estimate of drug-likeness (QED) is 0.600. The lowest BCUT2D eigenvalue weighted by Crippen LogP contribution is -2.40. The molecule has 3 rings (SSSR count). The number of rotatable bonds is 9. The summed E-state index contributed by atoms with van der Waals surface area (Å²) in [6.07, 6.45) is 0.698. The Hall–Kier alpha value is -3.35. The summed E-state index contributed by atoms with van der Waals surface area (Å²) in [5.41, 5.74) is 1.95. The summed E-state index contributed by atoms with van der Waals surface area (Å²) in [5.74, 6) is 1.67. The van der Waals surface area contributed by atoms with Crippen molar-refractivity contribution in [1.82, 2.24) is 15.5 Å². The molecule has 1 atom stereocenters. The number of carbonyl (C=O) groups is 1. The smallest absolute Gasteiger partial charge is 0.227 e. The third kappa shape index (κ3) is 5.57. The largest absolute Gasteiger partial charge is 0.497 e. The Balaban J connectivity index is 1.45. The number of nitrogens with zero attached hydrogens (tertiary/aromatic N) is 3. The number of hydrogen-bond donors (Lipinski definition) is 1. The van der Waals surface area contributed by atoms with E-state index in [1.165, 1.54) is 0 Å². The van der Waals surface area contributed by atoms with Gasteiger partial charge in [0.05, 0.1) is 7.11 Å². The molecule has 0 spiro atoms. The number of methoxy groups -OCH3 is 1. The van der Waals surface area contributed by atoms with Crippen LogP contribution in [0.4, 0.5) is 5.69 Å². The van der Waals surface area contributed by atoms with Crippen molar-refractivity contribution >= 4 is 11.6 Å². The molecule has 0 saturated heterocycles. The van der Waals surface area contributed by atoms with Crippen LogP contribution in [0.3, 0.4) is 0 Å². The Morgan fingerprint density at radius 1 is 1.17 bits per heavy atom. The average molecular weight is 394 g/mol. The predicted molar refractivity (Wildman–Crippen MR) is 112 cm³/mol. The molecule has 7 heteroatoms. The van der Waals surface area contributed by atoms with E-state index < -0.39 is 0 Å². The van der Waals surface area contributed by atoms with E-state index in [-0.39, 0.29) is 11.9 Å². The number of likely N-dealkylation sites (N-methyl/N-ethyl adjacent to an activating group) is 1. The maximum atomic E-state index is 12.2. The van der Waals surface area contributed by atoms with Crippen LogP contribution >= 0.6 is 0 Å². The summed E-state index contributed by atoms with van der Waals surface area (Å²) in [5, 5.41) is 6.96. The van der Waals surface area contributed by atoms with E-state index >= 15 is 0 Å². The highest BCUT2D eigenvalue weighted by molar-refractivity contribution is 5.76. The number of benzene rings is 2. The van der Waals surface area contributed by atoms with Gasteiger partial charge in [-0.25, -0.2) is 0 Å². The predicted octanol–water partition coefficient (Wildman–Crippen LogP) is 3.32. The van der Waals surface area contributed by atoms with Gasteiger partial charge in [-0.3, -0.25) is 4.79 Å². The molecule has 0 fully saturated rings. The normalized spacial score (nSPS) is 11.7. The average Bonchev–Trinajstić information content (AvgIpc) is 3.25. The lowest BCUT2D eigenvalue weighted by molar-refractivity contribution is -0.121. The lowest BCUT2D eigenvalue weighted by atomic mass is 10.2. The zero-order chi connectivity index (χ0) is 20.6. The van der Waals surface area contributed by atoms with E-state index in [2.05, 4.69) is 27.3 Å². The monoisotopic (exact) mass is 394 g/mol. The minimum atomic E-state index is -0.0393. The number of amides is 1. The van der Waals surface area contributed by atoms with Crippen LogP contribution in [-0.2, 0) is 11.2 Å². The second-order valence-electron chi connectivity index (χ2n) is 6.84. The third-order valence-corrected chi connectivity index (χ3v) is 4.80. The molecule has 1 heterocycles. The molecule has 29 heavy (non-hydrogen) atoms. The minimum Gasteiger partial charge on any atom is -0.497 e. The van der Waals surface area contributed by atoms with Gasteiger partial charge in [0.2, 0.25) is 17.6 Å². The van der Waals surface area contributed by atoms with Gasteiger partial charge in [0.1, 0.15) is 5.75 Å². The van der Waals surface area contributed by atoms with Gasteiger partial charge in [-0.1, -0.05) is 23.4 Å². The molecule has 7 nitrogen and oxygen atoms in total. The van der Waals surface area contributed by atoms with Gasteiger partial charge in [0, 0.05) is 43.7 Å². The summed E-state index contributed by atoms with van der Waals surface area (Å²) in [6, 6.07) is 17.7. The van der Waals surface area contributed by atoms with Gasteiger partial charge < -0.3 is 19.5 Å². The van der Waals surface area contributed by atoms with Crippen molar-refractivity contribution in [3.63, 3.8) is 0 Å². The van der Waals surface area contributed by atoms with Crippen molar-refractivity contribution in [2.75, 3.05) is 25.6 Å². The Morgan fingerprint density at radius 3 is 2.59 bits per heavy atom. The Kier molecular flexibility index (Phi) is 6.84. The molecule has 3 aromatic rings. The van der Waals surface area contributed by atoms with Crippen LogP contribution < -0.4 is 15.0 Å². The van der Waals surface area contributed by atoms with Crippen LogP contribution in [0.25, 0.3) is 11.4 Å². The fraction of sp³-hybridized carbons (Fsp3) is 0.318. The Morgan fingerprint density at radius 2 is 1.90 bits per heavy atom. The van der Waals surface area contributed by atoms with E-state index in [1.54, 1.807) is 7.11 Å². The molecule has 0 aliphatic heterocycles. The summed E-state index contributed by atoms with van der Waals surface area (Å²) >= 11 is 0. The van der Waals surface area contributed by atoms with Gasteiger partial charge in [-0.2, -0.15) is 4.98 Å². The van der Waals surface area contributed by atoms with E-state index in [0.29, 0.717) is 31.1 Å². The maximum Gasteiger partial charge on any atom is 0.227 e. The maximum absolute atomic E-state index is 12.2. The topological polar surface area (TPSA) is 80.5 Å². The highest BCUT2D eigenvalue weighted by atomic mass is 16.5. The second kappa shape index (κ2) is 9.73. The van der Waals surface area contributed by atoms with Crippen LogP contribution in [0.1, 0.15) is 19.2 Å². The van der Waals surface area contributed by atoms with E-state index in [4.69, 9.17) is 9.26 Å². The first kappa shape index (κ1) is 20.4. The molecule has 152 valence electrons. The van der Waals surface area contributed by atoms with Crippen molar-refractivity contribution in [2.24, 2.45) is 0 Å². The van der Waals surface area contributed by atoms with Crippen LogP contribution in [0.2, 0.25) is 0 Å². The van der Waals surface area contributed by atoms with Gasteiger partial charge in [-0.15, -0.1) is 0 Å². The number of aromatic nitrogens is 2. The molecular weight excluding hydrogens is 368 g/mol. The zero-order valence-corrected chi connectivity index (χ0v) is 17.0. The van der Waals surface area contributed by atoms with Gasteiger partial charge in [-0.05, 0) is 43.3 Å². The molecule has 0 saturated carbocycles. The third-order valence-electron chi connectivity index (χ3n) is 4.80. The summed E-state index contributed by atoms with van der Waals surface area (Å²) in [7, 11) is 3.64. The highest BCUT2D eigenvalue weighted by Gasteiger charge is 2.13. The molecule has 1 aromatic heterocycles. The van der Waals surface area contributed by atoms with E-state index in [9.17, 15) is 4.79 Å². The van der Waals surface area contributed by atoms with Crippen molar-refractivity contribution in [3.8, 4) is 17.1 Å². The number of hydrogen-bond acceptors (Lipinski definition) is 6. The molecule has 0 radical (unpaired) electrons. The fourth-order valence-corrected chi connectivity index (χ4v) is 2.84. The van der Waals surface area contributed by atoms with E-state index in [0.717, 1.165) is 17.0 Å². The number of aryl methyl sites for hydroxylation is 1. The molecule has 0 bridgehead atoms. The van der Waals surface area contributed by atoms with Gasteiger partial charge in [0.25, 0.3) is 0 Å². The number of carbonyl (C=O) groups excluding carboxylic acids is 1. The molecular formula is C22H26N4O3. The Bertz CT molecular complexity index is 909. The van der Waals surface area contributed by atoms with Crippen molar-refractivity contribution in [1.29, 1.82) is 0 Å². The molecule has 1 amide bonds. The molecule has 1 unspecified atom stereocenters. The van der Waals surface area contributed by atoms with Gasteiger partial charge in [0.15, 0.2) is 0 Å². The molecule has 0 aliphatic carbocycles. The molecule has 2 aromatic carbocycles. The number of ether oxygens (including phenoxy) is 1. The SMILES string of the molecule is COc1ccc(-c2noc(CCC(=O)NCC(C)N(C)c3ccccc3)n2)cc1. The second-order valence-corrected chi connectivity index (χ2v) is 6.84. The molecule has 0 aliphatic rings. The van der Waals surface area contributed by atoms with Crippen LogP contribution in [0.5, 0.6) is 5.75 Å². The van der Waals surface area contributed by atoms with Crippen molar-refractivity contribution in [3.05, 3.63) is 60.5 Å². The van der Waals surface area contributed by atoms with E-state index in [1.807, 2.05) is 61.6 Å². The van der Waals surface area contributed by atoms with Crippen LogP contribution in [0.15, 0.2) is 59.1 Å².